The summed E-state index contributed by atoms with van der Waals surface area (Å²) < 4.78 is 11.5. The number of fused-ring (bicyclic) bond motifs is 2. The zero-order chi connectivity index (χ0) is 26.8. The molecule has 9 nitrogen and oxygen atoms in total. The summed E-state index contributed by atoms with van der Waals surface area (Å²) in [5.74, 6) is 1.47. The Hall–Kier alpha value is -3.72. The number of benzene rings is 1. The predicted octanol–water partition coefficient (Wildman–Crippen LogP) is 3.35. The van der Waals surface area contributed by atoms with Gasteiger partial charge in [0, 0.05) is 55.9 Å². The van der Waals surface area contributed by atoms with E-state index in [-0.39, 0.29) is 0 Å². The van der Waals surface area contributed by atoms with Crippen LogP contribution in [0.3, 0.4) is 0 Å². The molecule has 0 atom stereocenters. The van der Waals surface area contributed by atoms with Gasteiger partial charge in [-0.3, -0.25) is 14.7 Å². The number of pyridine rings is 2. The van der Waals surface area contributed by atoms with Crippen molar-refractivity contribution in [3.8, 4) is 5.75 Å². The Morgan fingerprint density at radius 3 is 2.67 bits per heavy atom. The SMILES string of the molecule is NC(=O)C1(OC(=O)c2ccc3ncccc3c2)CCC(CCN2CCN(c3nccc4c3CCO4)CC2)CC1. The third-order valence-corrected chi connectivity index (χ3v) is 8.61. The monoisotopic (exact) mass is 529 g/mol. The molecule has 3 aromatic rings. The number of aromatic nitrogens is 2. The number of anilines is 1. The molecule has 9 heteroatoms. The van der Waals surface area contributed by atoms with Crippen molar-refractivity contribution in [3.63, 3.8) is 0 Å². The van der Waals surface area contributed by atoms with Crippen molar-refractivity contribution >= 4 is 28.6 Å². The summed E-state index contributed by atoms with van der Waals surface area (Å²) in [6, 6.07) is 10.9. The first kappa shape index (κ1) is 25.6. The van der Waals surface area contributed by atoms with Crippen LogP contribution in [0.4, 0.5) is 5.82 Å². The van der Waals surface area contributed by atoms with Gasteiger partial charge in [0.15, 0.2) is 5.60 Å². The van der Waals surface area contributed by atoms with Gasteiger partial charge in [0.2, 0.25) is 0 Å². The van der Waals surface area contributed by atoms with Crippen molar-refractivity contribution < 1.29 is 19.1 Å². The molecule has 2 fully saturated rings. The predicted molar refractivity (Wildman–Crippen MR) is 148 cm³/mol. The van der Waals surface area contributed by atoms with Crippen molar-refractivity contribution in [2.24, 2.45) is 11.7 Å². The van der Waals surface area contributed by atoms with E-state index < -0.39 is 17.5 Å². The van der Waals surface area contributed by atoms with Crippen LogP contribution in [0.5, 0.6) is 5.75 Å². The minimum Gasteiger partial charge on any atom is -0.493 e. The van der Waals surface area contributed by atoms with E-state index in [0.29, 0.717) is 24.3 Å². The zero-order valence-corrected chi connectivity index (χ0v) is 22.2. The summed E-state index contributed by atoms with van der Waals surface area (Å²) in [5.41, 5.74) is 7.00. The van der Waals surface area contributed by atoms with Gasteiger partial charge in [-0.2, -0.15) is 0 Å². The molecule has 1 aromatic carbocycles. The number of carbonyl (C=O) groups is 2. The Kier molecular flexibility index (Phi) is 7.08. The third kappa shape index (κ3) is 5.28. The molecule has 0 bridgehead atoms. The second-order valence-electron chi connectivity index (χ2n) is 10.9. The Morgan fingerprint density at radius 2 is 1.87 bits per heavy atom. The van der Waals surface area contributed by atoms with Crippen LogP contribution in [0.2, 0.25) is 0 Å². The Balaban J connectivity index is 0.996. The molecule has 1 aliphatic carbocycles. The van der Waals surface area contributed by atoms with E-state index >= 15 is 0 Å². The average molecular weight is 530 g/mol. The smallest absolute Gasteiger partial charge is 0.339 e. The maximum Gasteiger partial charge on any atom is 0.339 e. The van der Waals surface area contributed by atoms with Crippen LogP contribution in [-0.4, -0.2) is 71.7 Å². The molecule has 1 saturated carbocycles. The Bertz CT molecular complexity index is 1360. The van der Waals surface area contributed by atoms with E-state index in [2.05, 4.69) is 19.8 Å². The first-order chi connectivity index (χ1) is 19.0. The summed E-state index contributed by atoms with van der Waals surface area (Å²) >= 11 is 0. The van der Waals surface area contributed by atoms with Crippen LogP contribution in [0.15, 0.2) is 48.8 Å². The van der Waals surface area contributed by atoms with Gasteiger partial charge in [0.1, 0.15) is 11.6 Å². The average Bonchev–Trinajstić information content (AvgIpc) is 3.46. The normalized spacial score (nSPS) is 23.3. The zero-order valence-electron chi connectivity index (χ0n) is 22.2. The number of nitrogens with two attached hydrogens (primary N) is 1. The van der Waals surface area contributed by atoms with E-state index in [9.17, 15) is 9.59 Å². The van der Waals surface area contributed by atoms with Gasteiger partial charge in [0.05, 0.1) is 17.7 Å². The van der Waals surface area contributed by atoms with Crippen molar-refractivity contribution in [1.29, 1.82) is 0 Å². The number of ether oxygens (including phenoxy) is 2. The van der Waals surface area contributed by atoms with Crippen LogP contribution in [0.25, 0.3) is 10.9 Å². The fourth-order valence-corrected chi connectivity index (χ4v) is 6.19. The van der Waals surface area contributed by atoms with Gasteiger partial charge in [-0.15, -0.1) is 0 Å². The summed E-state index contributed by atoms with van der Waals surface area (Å²) in [4.78, 5) is 39.3. The number of amides is 1. The molecule has 39 heavy (non-hydrogen) atoms. The highest BCUT2D eigenvalue weighted by atomic mass is 16.6. The first-order valence-corrected chi connectivity index (χ1v) is 14.0. The summed E-state index contributed by atoms with van der Waals surface area (Å²) in [6.07, 6.45) is 8.12. The van der Waals surface area contributed by atoms with Gasteiger partial charge >= 0.3 is 5.97 Å². The molecule has 4 heterocycles. The molecular weight excluding hydrogens is 494 g/mol. The number of hydrogen-bond donors (Lipinski definition) is 1. The minimum absolute atomic E-state index is 0.403. The lowest BCUT2D eigenvalue weighted by molar-refractivity contribution is -0.142. The molecule has 6 rings (SSSR count). The molecule has 0 unspecified atom stereocenters. The van der Waals surface area contributed by atoms with Crippen molar-refractivity contribution in [1.82, 2.24) is 14.9 Å². The largest absolute Gasteiger partial charge is 0.493 e. The maximum absolute atomic E-state index is 13.0. The highest BCUT2D eigenvalue weighted by molar-refractivity contribution is 5.96. The van der Waals surface area contributed by atoms with Crippen molar-refractivity contribution in [2.75, 3.05) is 44.2 Å². The fraction of sp³-hybridized carbons (Fsp3) is 0.467. The van der Waals surface area contributed by atoms with Gasteiger partial charge in [-0.25, -0.2) is 9.78 Å². The highest BCUT2D eigenvalue weighted by Crippen LogP contribution is 2.37. The molecule has 2 aliphatic heterocycles. The highest BCUT2D eigenvalue weighted by Gasteiger charge is 2.44. The van der Waals surface area contributed by atoms with Gasteiger partial charge < -0.3 is 20.1 Å². The van der Waals surface area contributed by atoms with Crippen molar-refractivity contribution in [2.45, 2.75) is 44.1 Å². The molecule has 2 N–H and O–H groups in total. The maximum atomic E-state index is 13.0. The van der Waals surface area contributed by atoms with E-state index in [1.54, 1.807) is 24.4 Å². The number of carbonyl (C=O) groups excluding carboxylic acids is 2. The van der Waals surface area contributed by atoms with Crippen molar-refractivity contribution in [3.05, 3.63) is 59.9 Å². The Labute approximate surface area is 228 Å². The van der Waals surface area contributed by atoms with E-state index in [1.165, 1.54) is 5.56 Å². The number of nitrogens with zero attached hydrogens (tertiary/aromatic N) is 4. The lowest BCUT2D eigenvalue weighted by atomic mass is 9.77. The summed E-state index contributed by atoms with van der Waals surface area (Å²) in [5, 5.41) is 0.850. The second kappa shape index (κ2) is 10.8. The topological polar surface area (TPSA) is 111 Å². The first-order valence-electron chi connectivity index (χ1n) is 14.0. The summed E-state index contributed by atoms with van der Waals surface area (Å²) in [6.45, 7) is 5.69. The number of esters is 1. The number of rotatable bonds is 7. The van der Waals surface area contributed by atoms with E-state index in [0.717, 1.165) is 87.5 Å². The van der Waals surface area contributed by atoms with Crippen LogP contribution < -0.4 is 15.4 Å². The lowest BCUT2D eigenvalue weighted by Crippen LogP contribution is -2.50. The molecule has 1 saturated heterocycles. The van der Waals surface area contributed by atoms with Crippen LogP contribution in [0.1, 0.15) is 48.0 Å². The quantitative estimate of drug-likeness (QED) is 0.464. The molecule has 0 radical (unpaired) electrons. The summed E-state index contributed by atoms with van der Waals surface area (Å²) in [7, 11) is 0. The van der Waals surface area contributed by atoms with E-state index in [1.807, 2.05) is 24.4 Å². The molecular formula is C30H35N5O4. The lowest BCUT2D eigenvalue weighted by Gasteiger charge is -2.39. The number of primary amides is 1. The van der Waals surface area contributed by atoms with Crippen LogP contribution in [0, 0.1) is 5.92 Å². The number of hydrogen-bond acceptors (Lipinski definition) is 8. The Morgan fingerprint density at radius 1 is 1.05 bits per heavy atom. The van der Waals surface area contributed by atoms with Gasteiger partial charge in [-0.1, -0.05) is 6.07 Å². The molecule has 3 aliphatic rings. The van der Waals surface area contributed by atoms with E-state index in [4.69, 9.17) is 15.2 Å². The molecule has 204 valence electrons. The third-order valence-electron chi connectivity index (χ3n) is 8.61. The fourth-order valence-electron chi connectivity index (χ4n) is 6.19. The number of piperazine rings is 1. The molecule has 0 spiro atoms. The van der Waals surface area contributed by atoms with Gasteiger partial charge in [-0.05, 0) is 74.9 Å². The molecule has 2 aromatic heterocycles. The van der Waals surface area contributed by atoms with Crippen LogP contribution >= 0.6 is 0 Å². The second-order valence-corrected chi connectivity index (χ2v) is 10.9. The minimum atomic E-state index is -1.24. The van der Waals surface area contributed by atoms with Gasteiger partial charge in [0.25, 0.3) is 5.91 Å². The van der Waals surface area contributed by atoms with Crippen LogP contribution in [-0.2, 0) is 16.0 Å². The molecule has 1 amide bonds. The standard InChI is InChI=1S/C30H35N5O4/c31-29(37)30(39-28(36)23-3-4-25-22(20-23)2-1-12-32-25)10-5-21(6-11-30)8-14-34-15-17-35(18-16-34)27-24-9-19-38-26(24)7-13-33-27/h1-4,7,12-13,20-21H,5-6,8-11,14-19H2,(H2,31,37).